The van der Waals surface area contributed by atoms with Gasteiger partial charge in [-0.05, 0) is 66.6 Å². The highest BCUT2D eigenvalue weighted by molar-refractivity contribution is 7.51. The molecule has 0 amide bonds. The topological polar surface area (TPSA) is 66.8 Å². The van der Waals surface area contributed by atoms with Crippen LogP contribution in [0.5, 0.6) is 11.5 Å². The van der Waals surface area contributed by atoms with Crippen molar-refractivity contribution in [2.45, 2.75) is 40.0 Å². The minimum atomic E-state index is -4.01. The van der Waals surface area contributed by atoms with E-state index in [2.05, 4.69) is 0 Å². The quantitative estimate of drug-likeness (QED) is 0.700. The minimum absolute atomic E-state index is 0.0563. The Bertz CT molecular complexity index is 788. The van der Waals surface area contributed by atoms with E-state index >= 15 is 0 Å². The number of benzene rings is 2. The highest BCUT2D eigenvalue weighted by Gasteiger charge is 2.15. The van der Waals surface area contributed by atoms with Crippen molar-refractivity contribution < 1.29 is 23.5 Å². The van der Waals surface area contributed by atoms with Gasteiger partial charge in [0.25, 0.3) is 0 Å². The van der Waals surface area contributed by atoms with Crippen LogP contribution in [-0.4, -0.2) is 15.9 Å². The van der Waals surface area contributed by atoms with Crippen LogP contribution in [-0.2, 0) is 11.0 Å². The van der Waals surface area contributed by atoms with E-state index < -0.39 is 7.60 Å². The Labute approximate surface area is 147 Å². The fourth-order valence-corrected chi connectivity index (χ4v) is 3.32. The monoisotopic (exact) mass is 366 g/mol. The molecule has 2 N–H and O–H groups in total. The lowest BCUT2D eigenvalue weighted by molar-refractivity contribution is 0.373. The van der Waals surface area contributed by atoms with Crippen molar-refractivity contribution in [3.63, 3.8) is 0 Å². The summed E-state index contributed by atoms with van der Waals surface area (Å²) in [6.45, 7) is 7.62. The Kier molecular flexibility index (Phi) is 6.04. The van der Waals surface area contributed by atoms with Crippen LogP contribution >= 0.6 is 7.60 Å². The second-order valence-electron chi connectivity index (χ2n) is 6.64. The minimum Gasteiger partial charge on any atom is -0.457 e. The molecule has 6 heteroatoms. The molecular weight excluding hydrogens is 342 g/mol. The van der Waals surface area contributed by atoms with Crippen LogP contribution in [0.1, 0.15) is 42.0 Å². The van der Waals surface area contributed by atoms with Crippen LogP contribution in [0.4, 0.5) is 4.39 Å². The van der Waals surface area contributed by atoms with Gasteiger partial charge in [0.05, 0.1) is 6.16 Å². The molecule has 2 aromatic carbocycles. The summed E-state index contributed by atoms with van der Waals surface area (Å²) in [5.74, 6) is 1.06. The van der Waals surface area contributed by atoms with E-state index in [1.807, 2.05) is 39.8 Å². The standard InChI is InChI=1S/C19H24FO4P/c1-12(2)17-11-16(5-6-18(17)20)24-19-13(3)9-15(10-14(19)4)7-8-25(21,22)23/h5-6,9-12H,7-8H2,1-4H3,(H2,21,22,23). The molecule has 25 heavy (non-hydrogen) atoms. The van der Waals surface area contributed by atoms with Gasteiger partial charge >= 0.3 is 7.60 Å². The van der Waals surface area contributed by atoms with Crippen LogP contribution in [0.15, 0.2) is 30.3 Å². The highest BCUT2D eigenvalue weighted by Crippen LogP contribution is 2.36. The summed E-state index contributed by atoms with van der Waals surface area (Å²) in [6.07, 6.45) is 0.127. The zero-order chi connectivity index (χ0) is 18.8. The number of hydrogen-bond acceptors (Lipinski definition) is 2. The lowest BCUT2D eigenvalue weighted by Gasteiger charge is -2.16. The molecule has 136 valence electrons. The first-order chi connectivity index (χ1) is 11.6. The molecule has 2 aromatic rings. The van der Waals surface area contributed by atoms with Gasteiger partial charge in [0.2, 0.25) is 0 Å². The molecule has 0 heterocycles. The van der Waals surface area contributed by atoms with Crippen LogP contribution in [0, 0.1) is 19.7 Å². The zero-order valence-corrected chi connectivity index (χ0v) is 15.8. The van der Waals surface area contributed by atoms with Gasteiger partial charge in [0.1, 0.15) is 17.3 Å². The van der Waals surface area contributed by atoms with E-state index in [0.29, 0.717) is 23.5 Å². The molecule has 0 spiro atoms. The third-order valence-corrected chi connectivity index (χ3v) is 4.83. The van der Waals surface area contributed by atoms with Crippen molar-refractivity contribution in [3.05, 3.63) is 58.4 Å². The predicted octanol–water partition coefficient (Wildman–Crippen LogP) is 5.08. The first-order valence-electron chi connectivity index (χ1n) is 8.19. The van der Waals surface area contributed by atoms with E-state index in [-0.39, 0.29) is 17.9 Å². The number of hydrogen-bond donors (Lipinski definition) is 2. The molecule has 0 bridgehead atoms. The maximum atomic E-state index is 13.8. The molecule has 0 atom stereocenters. The van der Waals surface area contributed by atoms with Gasteiger partial charge in [-0.25, -0.2) is 4.39 Å². The van der Waals surface area contributed by atoms with E-state index in [0.717, 1.165) is 16.7 Å². The normalized spacial score (nSPS) is 11.8. The van der Waals surface area contributed by atoms with Crippen molar-refractivity contribution in [3.8, 4) is 11.5 Å². The molecule has 0 saturated heterocycles. The Morgan fingerprint density at radius 2 is 1.72 bits per heavy atom. The Hall–Kier alpha value is -1.68. The van der Waals surface area contributed by atoms with E-state index in [4.69, 9.17) is 14.5 Å². The lowest BCUT2D eigenvalue weighted by atomic mass is 10.0. The summed E-state index contributed by atoms with van der Waals surface area (Å²) in [5, 5.41) is 0. The molecule has 0 saturated carbocycles. The second kappa shape index (κ2) is 7.69. The van der Waals surface area contributed by atoms with Crippen molar-refractivity contribution >= 4 is 7.60 Å². The molecule has 0 aromatic heterocycles. The fourth-order valence-electron chi connectivity index (χ4n) is 2.77. The third kappa shape index (κ3) is 5.40. The lowest BCUT2D eigenvalue weighted by Crippen LogP contribution is -1.99. The molecule has 0 aliphatic carbocycles. The first-order valence-corrected chi connectivity index (χ1v) is 9.98. The van der Waals surface area contributed by atoms with Gasteiger partial charge in [-0.1, -0.05) is 26.0 Å². The first kappa shape index (κ1) is 19.6. The van der Waals surface area contributed by atoms with Gasteiger partial charge < -0.3 is 14.5 Å². The molecule has 0 unspecified atom stereocenters. The average molecular weight is 366 g/mol. The molecule has 4 nitrogen and oxygen atoms in total. The van der Waals surface area contributed by atoms with Gasteiger partial charge in [0.15, 0.2) is 0 Å². The maximum absolute atomic E-state index is 13.8. The van der Waals surface area contributed by atoms with Crippen LogP contribution in [0.2, 0.25) is 0 Å². The number of aryl methyl sites for hydroxylation is 3. The summed E-state index contributed by atoms with van der Waals surface area (Å²) in [7, 11) is -4.01. The van der Waals surface area contributed by atoms with Gasteiger partial charge in [-0.2, -0.15) is 0 Å². The summed E-state index contributed by atoms with van der Waals surface area (Å²) in [6, 6.07) is 8.45. The Balaban J connectivity index is 2.26. The summed E-state index contributed by atoms with van der Waals surface area (Å²) in [5.41, 5.74) is 3.20. The molecule has 0 aliphatic heterocycles. The van der Waals surface area contributed by atoms with Crippen molar-refractivity contribution in [1.29, 1.82) is 0 Å². The molecule has 0 aliphatic rings. The summed E-state index contributed by atoms with van der Waals surface area (Å²) >= 11 is 0. The highest BCUT2D eigenvalue weighted by atomic mass is 31.2. The van der Waals surface area contributed by atoms with E-state index in [1.54, 1.807) is 12.1 Å². The van der Waals surface area contributed by atoms with Crippen LogP contribution in [0.3, 0.4) is 0 Å². The zero-order valence-electron chi connectivity index (χ0n) is 14.9. The largest absolute Gasteiger partial charge is 0.457 e. The van der Waals surface area contributed by atoms with Crippen molar-refractivity contribution in [2.75, 3.05) is 6.16 Å². The van der Waals surface area contributed by atoms with Gasteiger partial charge in [-0.15, -0.1) is 0 Å². The second-order valence-corrected chi connectivity index (χ2v) is 8.41. The van der Waals surface area contributed by atoms with Gasteiger partial charge in [0, 0.05) is 0 Å². The number of ether oxygens (including phenoxy) is 1. The Morgan fingerprint density at radius 3 is 2.24 bits per heavy atom. The van der Waals surface area contributed by atoms with Crippen molar-refractivity contribution in [2.24, 2.45) is 0 Å². The summed E-state index contributed by atoms with van der Waals surface area (Å²) < 4.78 is 30.8. The maximum Gasteiger partial charge on any atom is 0.325 e. The molecule has 2 rings (SSSR count). The predicted molar refractivity (Wildman–Crippen MR) is 97.1 cm³/mol. The van der Waals surface area contributed by atoms with E-state index in [1.165, 1.54) is 6.07 Å². The Morgan fingerprint density at radius 1 is 1.12 bits per heavy atom. The van der Waals surface area contributed by atoms with E-state index in [9.17, 15) is 8.96 Å². The molecule has 0 radical (unpaired) electrons. The smallest absolute Gasteiger partial charge is 0.325 e. The van der Waals surface area contributed by atoms with Gasteiger partial charge in [-0.3, -0.25) is 4.57 Å². The van der Waals surface area contributed by atoms with Crippen LogP contribution < -0.4 is 4.74 Å². The molecular formula is C19H24FO4P. The fraction of sp³-hybridized carbons (Fsp3) is 0.368. The third-order valence-electron chi connectivity index (χ3n) is 4.02. The number of rotatable bonds is 6. The summed E-state index contributed by atoms with van der Waals surface area (Å²) in [4.78, 5) is 18.0. The number of halogens is 1. The SMILES string of the molecule is Cc1cc(CCP(=O)(O)O)cc(C)c1Oc1ccc(F)c(C(C)C)c1. The molecule has 0 fully saturated rings. The van der Waals surface area contributed by atoms with Crippen molar-refractivity contribution in [1.82, 2.24) is 0 Å². The van der Waals surface area contributed by atoms with Crippen LogP contribution in [0.25, 0.3) is 0 Å². The average Bonchev–Trinajstić information content (AvgIpc) is 2.49.